The van der Waals surface area contributed by atoms with E-state index in [2.05, 4.69) is 15.4 Å². The summed E-state index contributed by atoms with van der Waals surface area (Å²) in [5, 5.41) is 15.2. The maximum Gasteiger partial charge on any atom is 0.573 e. The number of benzene rings is 1. The van der Waals surface area contributed by atoms with E-state index in [0.717, 1.165) is 6.07 Å². The summed E-state index contributed by atoms with van der Waals surface area (Å²) in [5.41, 5.74) is -0.222. The molecule has 0 radical (unpaired) electrons. The molecule has 1 saturated heterocycles. The second-order valence-corrected chi connectivity index (χ2v) is 4.68. The van der Waals surface area contributed by atoms with E-state index in [0.29, 0.717) is 19.5 Å². The number of hydrogen-bond donors (Lipinski definition) is 3. The standard InChI is InChI=1S/C13H15F3N2O3.ClH/c14-13(15,16)21-11-4-2-1-3-8(11)12(20)18-9-5-6-17-7-10(9)19;/h1-4,9-10,17,19H,5-7H2,(H,18,20);1H/t9-,10-;/m1./s1. The summed E-state index contributed by atoms with van der Waals surface area (Å²) >= 11 is 0. The third kappa shape index (κ3) is 5.04. The fraction of sp³-hybridized carbons (Fsp3) is 0.462. The Kier molecular flexibility index (Phi) is 6.46. The highest BCUT2D eigenvalue weighted by Gasteiger charge is 2.33. The summed E-state index contributed by atoms with van der Waals surface area (Å²) in [6, 6.07) is 4.59. The molecule has 0 saturated carbocycles. The molecule has 5 nitrogen and oxygen atoms in total. The molecule has 124 valence electrons. The molecular formula is C13H16ClF3N2O3. The number of alkyl halides is 3. The Morgan fingerprint density at radius 2 is 2.05 bits per heavy atom. The van der Waals surface area contributed by atoms with Crippen LogP contribution in [-0.4, -0.2) is 42.6 Å². The molecule has 0 spiro atoms. The van der Waals surface area contributed by atoms with Crippen molar-refractivity contribution in [2.45, 2.75) is 24.9 Å². The summed E-state index contributed by atoms with van der Waals surface area (Å²) in [5.74, 6) is -1.27. The van der Waals surface area contributed by atoms with Gasteiger partial charge in [0.15, 0.2) is 0 Å². The van der Waals surface area contributed by atoms with Crippen LogP contribution in [0.3, 0.4) is 0 Å². The number of piperidine rings is 1. The van der Waals surface area contributed by atoms with Crippen LogP contribution in [0.2, 0.25) is 0 Å². The minimum atomic E-state index is -4.87. The van der Waals surface area contributed by atoms with Crippen LogP contribution in [0.25, 0.3) is 0 Å². The molecule has 9 heteroatoms. The molecule has 1 amide bonds. The molecular weight excluding hydrogens is 325 g/mol. The van der Waals surface area contributed by atoms with Crippen LogP contribution in [0.5, 0.6) is 5.75 Å². The monoisotopic (exact) mass is 340 g/mol. The second kappa shape index (κ2) is 7.66. The minimum absolute atomic E-state index is 0. The van der Waals surface area contributed by atoms with E-state index in [-0.39, 0.29) is 18.0 Å². The first kappa shape index (κ1) is 18.5. The van der Waals surface area contributed by atoms with Gasteiger partial charge in [0.25, 0.3) is 5.91 Å². The van der Waals surface area contributed by atoms with Crippen LogP contribution in [0.1, 0.15) is 16.8 Å². The lowest BCUT2D eigenvalue weighted by Crippen LogP contribution is -2.52. The first-order valence-corrected chi connectivity index (χ1v) is 6.41. The van der Waals surface area contributed by atoms with Crippen LogP contribution >= 0.6 is 12.4 Å². The lowest BCUT2D eigenvalue weighted by atomic mass is 10.0. The van der Waals surface area contributed by atoms with Crippen LogP contribution in [0.15, 0.2) is 24.3 Å². The number of aliphatic hydroxyl groups is 1. The number of rotatable bonds is 3. The SMILES string of the molecule is Cl.O=C(N[C@@H]1CCNC[C@H]1O)c1ccccc1OC(F)(F)F. The van der Waals surface area contributed by atoms with E-state index >= 15 is 0 Å². The van der Waals surface area contributed by atoms with E-state index in [9.17, 15) is 23.1 Å². The molecule has 1 aliphatic rings. The zero-order chi connectivity index (χ0) is 15.5. The van der Waals surface area contributed by atoms with E-state index < -0.39 is 30.2 Å². The highest BCUT2D eigenvalue weighted by molar-refractivity contribution is 5.97. The summed E-state index contributed by atoms with van der Waals surface area (Å²) in [4.78, 5) is 12.1. The molecule has 1 aliphatic heterocycles. The van der Waals surface area contributed by atoms with E-state index in [1.165, 1.54) is 18.2 Å². The van der Waals surface area contributed by atoms with Crippen LogP contribution in [0, 0.1) is 0 Å². The van der Waals surface area contributed by atoms with E-state index in [4.69, 9.17) is 0 Å². The predicted octanol–water partition coefficient (Wildman–Crippen LogP) is 1.46. The van der Waals surface area contributed by atoms with Gasteiger partial charge in [-0.3, -0.25) is 4.79 Å². The van der Waals surface area contributed by atoms with Gasteiger partial charge in [0, 0.05) is 6.54 Å². The number of carbonyl (C=O) groups excluding carboxylic acids is 1. The maximum atomic E-state index is 12.3. The molecule has 1 fully saturated rings. The van der Waals surface area contributed by atoms with Gasteiger partial charge in [-0.25, -0.2) is 0 Å². The predicted molar refractivity (Wildman–Crippen MR) is 75.1 cm³/mol. The van der Waals surface area contributed by atoms with Crippen molar-refractivity contribution >= 4 is 18.3 Å². The van der Waals surface area contributed by atoms with Crippen LogP contribution in [0.4, 0.5) is 13.2 Å². The Balaban J connectivity index is 0.00000242. The van der Waals surface area contributed by atoms with Crippen molar-refractivity contribution in [1.29, 1.82) is 0 Å². The van der Waals surface area contributed by atoms with Crippen LogP contribution < -0.4 is 15.4 Å². The van der Waals surface area contributed by atoms with Gasteiger partial charge in [-0.15, -0.1) is 25.6 Å². The van der Waals surface area contributed by atoms with E-state index in [1.807, 2.05) is 0 Å². The summed E-state index contributed by atoms with van der Waals surface area (Å²) in [6.45, 7) is 0.939. The zero-order valence-electron chi connectivity index (χ0n) is 11.4. The van der Waals surface area contributed by atoms with Gasteiger partial charge in [0.05, 0.1) is 17.7 Å². The number of β-amino-alcohol motifs (C(OH)–C–C–N with tert-alkyl or cyclic N) is 1. The molecule has 2 rings (SSSR count). The first-order chi connectivity index (χ1) is 9.87. The molecule has 0 unspecified atom stereocenters. The number of hydrogen-bond acceptors (Lipinski definition) is 4. The highest BCUT2D eigenvalue weighted by atomic mass is 35.5. The summed E-state index contributed by atoms with van der Waals surface area (Å²) in [6.07, 6.45) is -5.15. The number of amides is 1. The Bertz CT molecular complexity index is 514. The Labute approximate surface area is 131 Å². The molecule has 0 aromatic heterocycles. The van der Waals surface area contributed by atoms with Crippen molar-refractivity contribution in [3.05, 3.63) is 29.8 Å². The van der Waals surface area contributed by atoms with Crippen molar-refractivity contribution in [3.63, 3.8) is 0 Å². The van der Waals surface area contributed by atoms with Crippen molar-refractivity contribution in [1.82, 2.24) is 10.6 Å². The lowest BCUT2D eigenvalue weighted by molar-refractivity contribution is -0.274. The molecule has 1 aromatic rings. The Hall–Kier alpha value is -1.51. The normalized spacial score (nSPS) is 21.6. The number of nitrogens with one attached hydrogen (secondary N) is 2. The van der Waals surface area contributed by atoms with E-state index in [1.54, 1.807) is 0 Å². The topological polar surface area (TPSA) is 70.6 Å². The smallest absolute Gasteiger partial charge is 0.405 e. The fourth-order valence-corrected chi connectivity index (χ4v) is 2.12. The average molecular weight is 341 g/mol. The van der Waals surface area contributed by atoms with Crippen LogP contribution in [-0.2, 0) is 0 Å². The maximum absolute atomic E-state index is 12.3. The van der Waals surface area contributed by atoms with Gasteiger partial charge < -0.3 is 20.5 Å². The minimum Gasteiger partial charge on any atom is -0.405 e. The number of aliphatic hydroxyl groups excluding tert-OH is 1. The average Bonchev–Trinajstić information content (AvgIpc) is 2.40. The highest BCUT2D eigenvalue weighted by Crippen LogP contribution is 2.26. The molecule has 22 heavy (non-hydrogen) atoms. The largest absolute Gasteiger partial charge is 0.573 e. The Morgan fingerprint density at radius 1 is 1.36 bits per heavy atom. The molecule has 3 N–H and O–H groups in total. The zero-order valence-corrected chi connectivity index (χ0v) is 12.2. The van der Waals surface area contributed by atoms with Gasteiger partial charge in [0.1, 0.15) is 5.75 Å². The molecule has 0 aliphatic carbocycles. The third-order valence-electron chi connectivity index (χ3n) is 3.12. The van der Waals surface area contributed by atoms with Crippen molar-refractivity contribution in [3.8, 4) is 5.75 Å². The summed E-state index contributed by atoms with van der Waals surface area (Å²) in [7, 11) is 0. The quantitative estimate of drug-likeness (QED) is 0.779. The molecule has 0 bridgehead atoms. The second-order valence-electron chi connectivity index (χ2n) is 4.68. The third-order valence-corrected chi connectivity index (χ3v) is 3.12. The number of carbonyl (C=O) groups is 1. The van der Waals surface area contributed by atoms with Gasteiger partial charge in [-0.2, -0.15) is 0 Å². The first-order valence-electron chi connectivity index (χ1n) is 6.41. The fourth-order valence-electron chi connectivity index (χ4n) is 2.12. The van der Waals surface area contributed by atoms with Crippen molar-refractivity contribution < 1.29 is 27.8 Å². The van der Waals surface area contributed by atoms with Gasteiger partial charge in [0.2, 0.25) is 0 Å². The lowest BCUT2D eigenvalue weighted by Gasteiger charge is -2.29. The van der Waals surface area contributed by atoms with Crippen molar-refractivity contribution in [2.75, 3.05) is 13.1 Å². The van der Waals surface area contributed by atoms with Gasteiger partial charge in [-0.05, 0) is 25.1 Å². The number of halogens is 4. The Morgan fingerprint density at radius 3 is 2.68 bits per heavy atom. The van der Waals surface area contributed by atoms with Crippen molar-refractivity contribution in [2.24, 2.45) is 0 Å². The molecule has 1 aromatic carbocycles. The summed E-state index contributed by atoms with van der Waals surface area (Å²) < 4.78 is 40.7. The molecule has 2 atom stereocenters. The van der Waals surface area contributed by atoms with Gasteiger partial charge in [-0.1, -0.05) is 12.1 Å². The van der Waals surface area contributed by atoms with Gasteiger partial charge >= 0.3 is 6.36 Å². The number of para-hydroxylation sites is 1. The molecule has 1 heterocycles. The number of ether oxygens (including phenoxy) is 1.